The Labute approximate surface area is 180 Å². The third-order valence-corrected chi connectivity index (χ3v) is 10.4. The number of hydrogen-bond donors (Lipinski definition) is 0. The molecule has 0 aromatic heterocycles. The highest BCUT2D eigenvalue weighted by molar-refractivity contribution is 5.82. The maximum Gasteiger partial charge on any atom is 0.136 e. The summed E-state index contributed by atoms with van der Waals surface area (Å²) in [6, 6.07) is 0. The van der Waals surface area contributed by atoms with Gasteiger partial charge in [0.1, 0.15) is 5.78 Å². The molecule has 0 amide bonds. The molecule has 3 saturated carbocycles. The van der Waals surface area contributed by atoms with E-state index in [1.54, 1.807) is 0 Å². The van der Waals surface area contributed by atoms with Gasteiger partial charge in [0.2, 0.25) is 0 Å². The molecule has 3 fully saturated rings. The molecule has 0 N–H and O–H groups in total. The van der Waals surface area contributed by atoms with Crippen LogP contribution in [-0.4, -0.2) is 5.78 Å². The molecule has 1 nitrogen and oxygen atoms in total. The Bertz CT molecular complexity index is 659. The second-order valence-electron chi connectivity index (χ2n) is 12.6. The van der Waals surface area contributed by atoms with Crippen LogP contribution in [0.15, 0.2) is 11.6 Å². The van der Waals surface area contributed by atoms with E-state index in [1.165, 1.54) is 51.4 Å². The van der Waals surface area contributed by atoms with Crippen molar-refractivity contribution in [2.45, 2.75) is 106 Å². The van der Waals surface area contributed by atoms with Gasteiger partial charge in [0.05, 0.1) is 0 Å². The van der Waals surface area contributed by atoms with Crippen LogP contribution in [-0.2, 0) is 4.79 Å². The number of allylic oxidation sites excluding steroid dienone is 2. The highest BCUT2D eigenvalue weighted by Gasteiger charge is 2.58. The number of hydrogen-bond acceptors (Lipinski definition) is 1. The second kappa shape index (κ2) is 7.83. The van der Waals surface area contributed by atoms with E-state index in [2.05, 4.69) is 47.6 Å². The van der Waals surface area contributed by atoms with Gasteiger partial charge in [-0.25, -0.2) is 0 Å². The van der Waals surface area contributed by atoms with Crippen LogP contribution < -0.4 is 0 Å². The number of ketones is 1. The summed E-state index contributed by atoms with van der Waals surface area (Å²) in [4.78, 5) is 12.4. The molecule has 1 heteroatoms. The first-order chi connectivity index (χ1) is 13.7. The van der Waals surface area contributed by atoms with Crippen LogP contribution in [0.4, 0.5) is 0 Å². The summed E-state index contributed by atoms with van der Waals surface area (Å²) in [6.45, 7) is 14.7. The monoisotopic (exact) mass is 398 g/mol. The van der Waals surface area contributed by atoms with Gasteiger partial charge >= 0.3 is 0 Å². The maximum atomic E-state index is 12.4. The fourth-order valence-corrected chi connectivity index (χ4v) is 8.69. The number of rotatable bonds is 5. The third kappa shape index (κ3) is 3.57. The lowest BCUT2D eigenvalue weighted by molar-refractivity contribution is -0.132. The predicted molar refractivity (Wildman–Crippen MR) is 123 cm³/mol. The van der Waals surface area contributed by atoms with Crippen LogP contribution in [0.1, 0.15) is 106 Å². The molecule has 0 aromatic rings. The Morgan fingerprint density at radius 2 is 1.76 bits per heavy atom. The molecule has 4 rings (SSSR count). The first-order valence-electron chi connectivity index (χ1n) is 12.9. The van der Waals surface area contributed by atoms with E-state index < -0.39 is 0 Å². The van der Waals surface area contributed by atoms with Gasteiger partial charge in [0.15, 0.2) is 0 Å². The van der Waals surface area contributed by atoms with Crippen molar-refractivity contribution in [1.29, 1.82) is 0 Å². The summed E-state index contributed by atoms with van der Waals surface area (Å²) in [6.07, 6.45) is 15.7. The van der Waals surface area contributed by atoms with E-state index in [0.29, 0.717) is 22.5 Å². The molecule has 0 saturated heterocycles. The minimum atomic E-state index is 0.279. The van der Waals surface area contributed by atoms with Crippen LogP contribution in [0.3, 0.4) is 0 Å². The fourth-order valence-electron chi connectivity index (χ4n) is 8.69. The zero-order valence-corrected chi connectivity index (χ0v) is 20.1. The topological polar surface area (TPSA) is 17.1 Å². The molecule has 0 aromatic carbocycles. The summed E-state index contributed by atoms with van der Waals surface area (Å²) in [7, 11) is 0. The van der Waals surface area contributed by atoms with Crippen molar-refractivity contribution < 1.29 is 4.79 Å². The number of fused-ring (bicyclic) bond motifs is 5. The Morgan fingerprint density at radius 3 is 2.48 bits per heavy atom. The van der Waals surface area contributed by atoms with Gasteiger partial charge in [-0.15, -0.1) is 0 Å². The maximum absolute atomic E-state index is 12.4. The number of Topliss-reactive ketones (excluding diaryl/α,β-unsaturated/α-hetero) is 1. The van der Waals surface area contributed by atoms with E-state index in [0.717, 1.165) is 42.4 Å². The van der Waals surface area contributed by atoms with Crippen LogP contribution in [0, 0.1) is 52.3 Å². The highest BCUT2D eigenvalue weighted by atomic mass is 16.1. The Morgan fingerprint density at radius 1 is 1.03 bits per heavy atom. The molecular formula is C28H46O. The Balaban J connectivity index is 1.52. The molecule has 4 aliphatic rings. The molecular weight excluding hydrogens is 352 g/mol. The minimum absolute atomic E-state index is 0.279. The van der Waals surface area contributed by atoms with Crippen molar-refractivity contribution in [3.05, 3.63) is 11.6 Å². The standard InChI is InChI=1S/C28H46O/c1-18(2)8-7-9-19(3)23-12-13-24-22-11-10-21-16-26(29)20(4)17-28(21,6)25(22)14-15-27(23,24)5/h11,18-21,23-25H,7-10,12-17H2,1-6H3/t19-,20?,21?,23-,24+,25+,27-,28+/m1/s1. The van der Waals surface area contributed by atoms with Crippen molar-refractivity contribution in [2.24, 2.45) is 52.3 Å². The molecule has 4 aliphatic carbocycles. The Kier molecular flexibility index (Phi) is 5.84. The van der Waals surface area contributed by atoms with Crippen molar-refractivity contribution in [3.8, 4) is 0 Å². The largest absolute Gasteiger partial charge is 0.299 e. The van der Waals surface area contributed by atoms with Crippen LogP contribution in [0.5, 0.6) is 0 Å². The van der Waals surface area contributed by atoms with Crippen molar-refractivity contribution in [2.75, 3.05) is 0 Å². The van der Waals surface area contributed by atoms with E-state index in [1.807, 2.05) is 5.57 Å². The van der Waals surface area contributed by atoms with Crippen molar-refractivity contribution in [1.82, 2.24) is 0 Å². The fraction of sp³-hybridized carbons (Fsp3) is 0.893. The van der Waals surface area contributed by atoms with Gasteiger partial charge in [-0.05, 0) is 84.9 Å². The quantitative estimate of drug-likeness (QED) is 0.431. The summed E-state index contributed by atoms with van der Waals surface area (Å²) in [5.74, 6) is 5.63. The van der Waals surface area contributed by atoms with Gasteiger partial charge in [0.25, 0.3) is 0 Å². The van der Waals surface area contributed by atoms with Gasteiger partial charge < -0.3 is 0 Å². The van der Waals surface area contributed by atoms with Crippen LogP contribution in [0.2, 0.25) is 0 Å². The van der Waals surface area contributed by atoms with Gasteiger partial charge in [-0.3, -0.25) is 4.79 Å². The molecule has 0 radical (unpaired) electrons. The van der Waals surface area contributed by atoms with E-state index in [9.17, 15) is 4.79 Å². The summed E-state index contributed by atoms with van der Waals surface area (Å²) in [5, 5.41) is 0. The van der Waals surface area contributed by atoms with Gasteiger partial charge in [0, 0.05) is 12.3 Å². The SMILES string of the molecule is CC(C)CCC[C@@H](C)[C@H]1CC[C@H]2C3=CCC4CC(=O)C(C)C[C@]4(C)[C@H]3CC[C@]12C. The van der Waals surface area contributed by atoms with E-state index in [4.69, 9.17) is 0 Å². The lowest BCUT2D eigenvalue weighted by Gasteiger charge is -2.57. The number of carbonyl (C=O) groups is 1. The lowest BCUT2D eigenvalue weighted by atomic mass is 9.47. The van der Waals surface area contributed by atoms with E-state index >= 15 is 0 Å². The minimum Gasteiger partial charge on any atom is -0.299 e. The third-order valence-electron chi connectivity index (χ3n) is 10.4. The first kappa shape index (κ1) is 21.6. The summed E-state index contributed by atoms with van der Waals surface area (Å²) in [5.41, 5.74) is 2.74. The molecule has 0 heterocycles. The lowest BCUT2D eigenvalue weighted by Crippen LogP contribution is -2.50. The van der Waals surface area contributed by atoms with E-state index in [-0.39, 0.29) is 5.92 Å². The van der Waals surface area contributed by atoms with Gasteiger partial charge in [-0.1, -0.05) is 72.5 Å². The predicted octanol–water partition coefficient (Wildman–Crippen LogP) is 7.84. The molecule has 0 spiro atoms. The van der Waals surface area contributed by atoms with Crippen LogP contribution >= 0.6 is 0 Å². The Hall–Kier alpha value is -0.590. The molecule has 2 unspecified atom stereocenters. The van der Waals surface area contributed by atoms with Crippen LogP contribution in [0.25, 0.3) is 0 Å². The molecule has 29 heavy (non-hydrogen) atoms. The molecule has 8 atom stereocenters. The van der Waals surface area contributed by atoms with Gasteiger partial charge in [-0.2, -0.15) is 0 Å². The average molecular weight is 399 g/mol. The average Bonchev–Trinajstić information content (AvgIpc) is 3.00. The zero-order chi connectivity index (χ0) is 21.0. The first-order valence-corrected chi connectivity index (χ1v) is 12.9. The van der Waals surface area contributed by atoms with Crippen molar-refractivity contribution in [3.63, 3.8) is 0 Å². The molecule has 164 valence electrons. The smallest absolute Gasteiger partial charge is 0.136 e. The highest BCUT2D eigenvalue weighted by Crippen LogP contribution is 2.67. The number of carbonyl (C=O) groups excluding carboxylic acids is 1. The molecule has 0 aliphatic heterocycles. The molecule has 0 bridgehead atoms. The normalized spacial score (nSPS) is 45.4. The van der Waals surface area contributed by atoms with Crippen molar-refractivity contribution >= 4 is 5.78 Å². The second-order valence-corrected chi connectivity index (χ2v) is 12.6. The summed E-state index contributed by atoms with van der Waals surface area (Å²) >= 11 is 0. The summed E-state index contributed by atoms with van der Waals surface area (Å²) < 4.78 is 0. The zero-order valence-electron chi connectivity index (χ0n) is 20.1.